The van der Waals surface area contributed by atoms with Crippen molar-refractivity contribution < 1.29 is 4.74 Å². The number of benzene rings is 2. The first-order chi connectivity index (χ1) is 14.8. The number of para-hydroxylation sites is 1. The van der Waals surface area contributed by atoms with Gasteiger partial charge < -0.3 is 14.3 Å². The highest BCUT2D eigenvalue weighted by Gasteiger charge is 2.11. The molecule has 0 unspecified atom stereocenters. The largest absolute Gasteiger partial charge is 0.497 e. The predicted octanol–water partition coefficient (Wildman–Crippen LogP) is 6.24. The maximum Gasteiger partial charge on any atom is 0.190 e. The summed E-state index contributed by atoms with van der Waals surface area (Å²) in [7, 11) is 1.68. The number of aryl methyl sites for hydroxylation is 1. The van der Waals surface area contributed by atoms with Gasteiger partial charge in [0.25, 0.3) is 0 Å². The van der Waals surface area contributed by atoms with Crippen LogP contribution in [0, 0.1) is 0 Å². The predicted molar refractivity (Wildman–Crippen MR) is 126 cm³/mol. The smallest absolute Gasteiger partial charge is 0.190 e. The summed E-state index contributed by atoms with van der Waals surface area (Å²) in [6.07, 6.45) is 3.06. The van der Waals surface area contributed by atoms with E-state index in [0.717, 1.165) is 29.2 Å². The molecule has 5 aromatic rings. The van der Waals surface area contributed by atoms with Gasteiger partial charge in [-0.1, -0.05) is 30.3 Å². The summed E-state index contributed by atoms with van der Waals surface area (Å²) in [5.41, 5.74) is 4.63. The third-order valence-electron chi connectivity index (χ3n) is 5.13. The minimum absolute atomic E-state index is 0.816. The normalized spacial score (nSPS) is 12.0. The quantitative estimate of drug-likeness (QED) is 0.340. The zero-order valence-corrected chi connectivity index (χ0v) is 18.2. The van der Waals surface area contributed by atoms with E-state index in [1.807, 2.05) is 24.3 Å². The molecule has 0 amide bonds. The van der Waals surface area contributed by atoms with E-state index in [2.05, 4.69) is 62.9 Å². The van der Waals surface area contributed by atoms with Gasteiger partial charge in [0.05, 0.1) is 23.4 Å². The van der Waals surface area contributed by atoms with Crippen molar-refractivity contribution in [3.05, 3.63) is 88.0 Å². The van der Waals surface area contributed by atoms with Crippen molar-refractivity contribution in [2.24, 2.45) is 4.99 Å². The van der Waals surface area contributed by atoms with E-state index < -0.39 is 0 Å². The summed E-state index contributed by atoms with van der Waals surface area (Å²) in [5, 5.41) is 5.62. The molecule has 0 bridgehead atoms. The highest BCUT2D eigenvalue weighted by Crippen LogP contribution is 2.27. The van der Waals surface area contributed by atoms with E-state index in [1.54, 1.807) is 29.8 Å². The van der Waals surface area contributed by atoms with Crippen molar-refractivity contribution >= 4 is 39.3 Å². The van der Waals surface area contributed by atoms with E-state index in [-0.39, 0.29) is 0 Å². The summed E-state index contributed by atoms with van der Waals surface area (Å²) in [6.45, 7) is 0.862. The first kappa shape index (κ1) is 18.9. The Balaban J connectivity index is 1.54. The maximum absolute atomic E-state index is 5.36. The van der Waals surface area contributed by atoms with Crippen LogP contribution >= 0.6 is 22.7 Å². The fourth-order valence-corrected chi connectivity index (χ4v) is 5.39. The number of ether oxygens (including phenoxy) is 1. The van der Waals surface area contributed by atoms with E-state index in [0.29, 0.717) is 0 Å². The highest BCUT2D eigenvalue weighted by atomic mass is 32.1. The number of H-pyrrole nitrogens is 1. The molecule has 0 saturated carbocycles. The number of hydrogen-bond acceptors (Lipinski definition) is 4. The summed E-state index contributed by atoms with van der Waals surface area (Å²) in [6, 6.07) is 20.6. The Morgan fingerprint density at radius 1 is 1.03 bits per heavy atom. The molecule has 0 aliphatic rings. The van der Waals surface area contributed by atoms with E-state index in [9.17, 15) is 0 Å². The van der Waals surface area contributed by atoms with Crippen molar-refractivity contribution in [1.29, 1.82) is 0 Å². The topological polar surface area (TPSA) is 42.3 Å². The Morgan fingerprint density at radius 2 is 1.97 bits per heavy atom. The van der Waals surface area contributed by atoms with Crippen LogP contribution in [0.4, 0.5) is 5.69 Å². The van der Waals surface area contributed by atoms with E-state index >= 15 is 0 Å². The highest BCUT2D eigenvalue weighted by molar-refractivity contribution is 7.14. The number of fused-ring (bicyclic) bond motifs is 1. The summed E-state index contributed by atoms with van der Waals surface area (Å²) >= 11 is 3.44. The molecule has 0 spiro atoms. The van der Waals surface area contributed by atoms with Crippen molar-refractivity contribution in [2.75, 3.05) is 7.11 Å². The van der Waals surface area contributed by atoms with Gasteiger partial charge in [0.2, 0.25) is 0 Å². The Kier molecular flexibility index (Phi) is 5.26. The van der Waals surface area contributed by atoms with Crippen LogP contribution in [0.15, 0.2) is 82.6 Å². The van der Waals surface area contributed by atoms with Crippen LogP contribution in [0.2, 0.25) is 0 Å². The first-order valence-corrected chi connectivity index (χ1v) is 11.5. The molecule has 2 aromatic carbocycles. The van der Waals surface area contributed by atoms with E-state index in [1.165, 1.54) is 27.0 Å². The average Bonchev–Trinajstić information content (AvgIpc) is 3.52. The number of nitrogens with one attached hydrogen (secondary N) is 1. The molecule has 0 fully saturated rings. The minimum atomic E-state index is 0.816. The lowest BCUT2D eigenvalue weighted by Gasteiger charge is -2.08. The number of thiazole rings is 1. The van der Waals surface area contributed by atoms with Crippen LogP contribution in [0.5, 0.6) is 5.75 Å². The second-order valence-corrected chi connectivity index (χ2v) is 8.74. The number of rotatable bonds is 6. The van der Waals surface area contributed by atoms with Crippen LogP contribution in [-0.2, 0) is 13.0 Å². The van der Waals surface area contributed by atoms with Gasteiger partial charge in [-0.3, -0.25) is 0 Å². The van der Waals surface area contributed by atoms with Crippen molar-refractivity contribution in [3.63, 3.8) is 0 Å². The number of aromatic amines is 1. The molecule has 1 N–H and O–H groups in total. The molecule has 0 aliphatic carbocycles. The lowest BCUT2D eigenvalue weighted by molar-refractivity contribution is 0.415. The van der Waals surface area contributed by atoms with Gasteiger partial charge in [-0.05, 0) is 41.6 Å². The first-order valence-electron chi connectivity index (χ1n) is 9.78. The molecule has 0 radical (unpaired) electrons. The Hall–Kier alpha value is -3.09. The Bertz CT molecular complexity index is 1340. The molecular formula is C24H21N3OS2. The second kappa shape index (κ2) is 8.34. The molecular weight excluding hydrogens is 410 g/mol. The van der Waals surface area contributed by atoms with E-state index in [4.69, 9.17) is 9.73 Å². The lowest BCUT2D eigenvalue weighted by Crippen LogP contribution is -2.17. The van der Waals surface area contributed by atoms with Gasteiger partial charge in [0, 0.05) is 35.1 Å². The molecule has 4 nitrogen and oxygen atoms in total. The minimum Gasteiger partial charge on any atom is -0.497 e. The van der Waals surface area contributed by atoms with Gasteiger partial charge in [-0.15, -0.1) is 22.7 Å². The van der Waals surface area contributed by atoms with Crippen LogP contribution in [-0.4, -0.2) is 16.7 Å². The average molecular weight is 432 g/mol. The maximum atomic E-state index is 5.36. The summed E-state index contributed by atoms with van der Waals surface area (Å²) in [5.74, 6) is 0.816. The molecule has 3 aromatic heterocycles. The number of methoxy groups -OCH3 is 1. The third kappa shape index (κ3) is 3.72. The molecule has 30 heavy (non-hydrogen) atoms. The summed E-state index contributed by atoms with van der Waals surface area (Å²) < 4.78 is 7.69. The third-order valence-corrected chi connectivity index (χ3v) is 6.89. The SMILES string of the molecule is COc1cccc(N=c2scc(-c3cccs3)n2CCc2c[nH]c3ccccc23)c1. The van der Waals surface area contributed by atoms with Gasteiger partial charge in [-0.2, -0.15) is 0 Å². The van der Waals surface area contributed by atoms with Crippen LogP contribution in [0.25, 0.3) is 21.5 Å². The van der Waals surface area contributed by atoms with Gasteiger partial charge in [0.1, 0.15) is 5.75 Å². The fourth-order valence-electron chi connectivity index (χ4n) is 3.62. The standard InChI is InChI=1S/C24H21N3OS2/c1-28-19-7-4-6-18(14-19)26-24-27(22(16-30-24)23-10-5-13-29-23)12-11-17-15-25-21-9-3-2-8-20(17)21/h2-10,13-16,25H,11-12H2,1H3. The van der Waals surface area contributed by atoms with Gasteiger partial charge >= 0.3 is 0 Å². The Labute approximate surface area is 182 Å². The van der Waals surface area contributed by atoms with Gasteiger partial charge in [-0.25, -0.2) is 4.99 Å². The fraction of sp³-hybridized carbons (Fsp3) is 0.125. The monoisotopic (exact) mass is 431 g/mol. The zero-order valence-electron chi connectivity index (χ0n) is 16.5. The molecule has 0 aliphatic heterocycles. The number of nitrogens with zero attached hydrogens (tertiary/aromatic N) is 2. The molecule has 6 heteroatoms. The molecule has 150 valence electrons. The molecule has 0 saturated heterocycles. The molecule has 0 atom stereocenters. The van der Waals surface area contributed by atoms with Crippen LogP contribution < -0.4 is 9.54 Å². The lowest BCUT2D eigenvalue weighted by atomic mass is 10.1. The van der Waals surface area contributed by atoms with Gasteiger partial charge in [0.15, 0.2) is 4.80 Å². The zero-order chi connectivity index (χ0) is 20.3. The van der Waals surface area contributed by atoms with Crippen LogP contribution in [0.1, 0.15) is 5.56 Å². The number of thiophene rings is 1. The second-order valence-electron chi connectivity index (χ2n) is 6.96. The number of hydrogen-bond donors (Lipinski definition) is 1. The van der Waals surface area contributed by atoms with Crippen molar-refractivity contribution in [2.45, 2.75) is 13.0 Å². The molecule has 5 rings (SSSR count). The number of aromatic nitrogens is 2. The Morgan fingerprint density at radius 3 is 2.83 bits per heavy atom. The van der Waals surface area contributed by atoms with Crippen molar-refractivity contribution in [3.8, 4) is 16.3 Å². The van der Waals surface area contributed by atoms with Crippen LogP contribution in [0.3, 0.4) is 0 Å². The summed E-state index contributed by atoms with van der Waals surface area (Å²) in [4.78, 5) is 10.6. The molecule has 3 heterocycles. The van der Waals surface area contributed by atoms with Crippen molar-refractivity contribution in [1.82, 2.24) is 9.55 Å².